The van der Waals surface area contributed by atoms with Gasteiger partial charge in [-0.3, -0.25) is 10.1 Å². The lowest BCUT2D eigenvalue weighted by Gasteiger charge is -2.03. The second-order valence-corrected chi connectivity index (χ2v) is 4.59. The van der Waals surface area contributed by atoms with Crippen LogP contribution in [0, 0.1) is 10.1 Å². The topological polar surface area (TPSA) is 73.0 Å². The zero-order valence-corrected chi connectivity index (χ0v) is 11.2. The lowest BCUT2D eigenvalue weighted by molar-refractivity contribution is -0.384. The Balaban J connectivity index is 2.45. The van der Waals surface area contributed by atoms with Crippen molar-refractivity contribution < 1.29 is 4.92 Å². The molecular weight excluding hydrogens is 300 g/mol. The van der Waals surface area contributed by atoms with Gasteiger partial charge in [0.05, 0.1) is 10.6 Å². The molecule has 0 aliphatic heterocycles. The van der Waals surface area contributed by atoms with Crippen molar-refractivity contribution in [2.75, 3.05) is 7.05 Å². The summed E-state index contributed by atoms with van der Waals surface area (Å²) in [5, 5.41) is 18.3. The van der Waals surface area contributed by atoms with E-state index in [0.717, 1.165) is 5.69 Å². The molecule has 0 saturated carbocycles. The lowest BCUT2D eigenvalue weighted by atomic mass is 10.3. The van der Waals surface area contributed by atoms with Gasteiger partial charge in [-0.1, -0.05) is 15.9 Å². The average Bonchev–Trinajstić information content (AvgIpc) is 2.78. The molecule has 1 aromatic carbocycles. The molecule has 2 aromatic rings. The van der Waals surface area contributed by atoms with E-state index >= 15 is 0 Å². The molecule has 0 saturated heterocycles. The minimum Gasteiger partial charge on any atom is -0.314 e. The van der Waals surface area contributed by atoms with Gasteiger partial charge in [0.25, 0.3) is 5.69 Å². The van der Waals surface area contributed by atoms with E-state index in [-0.39, 0.29) is 5.69 Å². The van der Waals surface area contributed by atoms with Crippen LogP contribution in [0.4, 0.5) is 5.69 Å². The van der Waals surface area contributed by atoms with Crippen molar-refractivity contribution in [3.63, 3.8) is 0 Å². The quantitative estimate of drug-likeness (QED) is 0.694. The molecule has 6 nitrogen and oxygen atoms in total. The molecule has 0 bridgehead atoms. The normalized spacial score (nSPS) is 10.6. The maximum atomic E-state index is 11.0. The van der Waals surface area contributed by atoms with Crippen LogP contribution in [0.2, 0.25) is 0 Å². The molecule has 94 valence electrons. The van der Waals surface area contributed by atoms with Crippen LogP contribution in [0.1, 0.15) is 5.69 Å². The number of hydrogen-bond acceptors (Lipinski definition) is 4. The maximum absolute atomic E-state index is 11.0. The van der Waals surface area contributed by atoms with Gasteiger partial charge in [0.15, 0.2) is 0 Å². The predicted molar refractivity (Wildman–Crippen MR) is 70.7 cm³/mol. The fourth-order valence-electron chi connectivity index (χ4n) is 1.61. The van der Waals surface area contributed by atoms with Crippen molar-refractivity contribution in [3.05, 3.63) is 50.7 Å². The predicted octanol–water partition coefficient (Wildman–Crippen LogP) is 2.26. The van der Waals surface area contributed by atoms with Crippen molar-refractivity contribution >= 4 is 21.6 Å². The van der Waals surface area contributed by atoms with Crippen LogP contribution in [-0.4, -0.2) is 21.8 Å². The lowest BCUT2D eigenvalue weighted by Crippen LogP contribution is -2.07. The Bertz CT molecular complexity index is 582. The van der Waals surface area contributed by atoms with E-state index in [4.69, 9.17) is 0 Å². The van der Waals surface area contributed by atoms with Gasteiger partial charge >= 0.3 is 0 Å². The van der Waals surface area contributed by atoms with Gasteiger partial charge in [0, 0.05) is 23.3 Å². The van der Waals surface area contributed by atoms with E-state index in [1.807, 2.05) is 13.1 Å². The van der Waals surface area contributed by atoms with Gasteiger partial charge in [0.2, 0.25) is 0 Å². The molecule has 1 N–H and O–H groups in total. The molecule has 0 aliphatic rings. The van der Waals surface area contributed by atoms with Crippen molar-refractivity contribution in [1.82, 2.24) is 15.1 Å². The number of aromatic nitrogens is 2. The Kier molecular flexibility index (Phi) is 3.73. The Morgan fingerprint density at radius 2 is 2.28 bits per heavy atom. The minimum atomic E-state index is -0.417. The van der Waals surface area contributed by atoms with Gasteiger partial charge in [-0.15, -0.1) is 0 Å². The largest absolute Gasteiger partial charge is 0.314 e. The summed E-state index contributed by atoms with van der Waals surface area (Å²) >= 11 is 3.22. The second-order valence-electron chi connectivity index (χ2n) is 3.67. The smallest absolute Gasteiger partial charge is 0.295 e. The van der Waals surface area contributed by atoms with Crippen molar-refractivity contribution in [2.24, 2.45) is 0 Å². The third kappa shape index (κ3) is 2.57. The zero-order chi connectivity index (χ0) is 13.1. The Labute approximate surface area is 112 Å². The van der Waals surface area contributed by atoms with E-state index in [2.05, 4.69) is 26.3 Å². The third-order valence-corrected chi connectivity index (χ3v) is 2.88. The summed E-state index contributed by atoms with van der Waals surface area (Å²) in [4.78, 5) is 10.6. The number of nitrogens with zero attached hydrogens (tertiary/aromatic N) is 3. The highest BCUT2D eigenvalue weighted by molar-refractivity contribution is 9.10. The van der Waals surface area contributed by atoms with Crippen molar-refractivity contribution in [1.29, 1.82) is 0 Å². The number of nitrogens with one attached hydrogen (secondary N) is 1. The van der Waals surface area contributed by atoms with Gasteiger partial charge in [-0.05, 0) is 25.2 Å². The molecule has 0 spiro atoms. The van der Waals surface area contributed by atoms with Crippen molar-refractivity contribution in [2.45, 2.75) is 6.54 Å². The third-order valence-electron chi connectivity index (χ3n) is 2.38. The number of benzene rings is 1. The summed E-state index contributed by atoms with van der Waals surface area (Å²) in [6.45, 7) is 0.622. The molecule has 1 heterocycles. The average molecular weight is 311 g/mol. The van der Waals surface area contributed by atoms with E-state index in [1.165, 1.54) is 10.7 Å². The highest BCUT2D eigenvalue weighted by Crippen LogP contribution is 2.26. The van der Waals surface area contributed by atoms with Crippen LogP contribution in [0.3, 0.4) is 0 Å². The molecule has 1 aromatic heterocycles. The molecule has 0 atom stereocenters. The molecule has 7 heteroatoms. The Hall–Kier alpha value is -1.73. The van der Waals surface area contributed by atoms with Gasteiger partial charge in [-0.2, -0.15) is 5.10 Å². The summed E-state index contributed by atoms with van der Waals surface area (Å²) in [6.07, 6.45) is 1.71. The van der Waals surface area contributed by atoms with E-state index < -0.39 is 4.92 Å². The highest BCUT2D eigenvalue weighted by Gasteiger charge is 2.16. The summed E-state index contributed by atoms with van der Waals surface area (Å²) in [7, 11) is 1.82. The minimum absolute atomic E-state index is 0.0171. The Morgan fingerprint density at radius 1 is 1.50 bits per heavy atom. The molecule has 0 fully saturated rings. The molecule has 0 amide bonds. The maximum Gasteiger partial charge on any atom is 0.295 e. The molecule has 0 aliphatic carbocycles. The highest BCUT2D eigenvalue weighted by atomic mass is 79.9. The summed E-state index contributed by atoms with van der Waals surface area (Å²) < 4.78 is 2.18. The number of nitro groups is 1. The summed E-state index contributed by atoms with van der Waals surface area (Å²) in [5.41, 5.74) is 1.30. The van der Waals surface area contributed by atoms with Crippen molar-refractivity contribution in [3.8, 4) is 5.69 Å². The number of hydrogen-bond donors (Lipinski definition) is 1. The first kappa shape index (κ1) is 12.7. The first-order valence-electron chi connectivity index (χ1n) is 5.25. The number of rotatable bonds is 4. The first-order valence-corrected chi connectivity index (χ1v) is 6.04. The van der Waals surface area contributed by atoms with Crippen LogP contribution in [-0.2, 0) is 6.54 Å². The van der Waals surface area contributed by atoms with Gasteiger partial charge in [-0.25, -0.2) is 4.68 Å². The first-order chi connectivity index (χ1) is 8.61. The molecule has 18 heavy (non-hydrogen) atoms. The number of nitro benzene ring substituents is 1. The van der Waals surface area contributed by atoms with Gasteiger partial charge in [0.1, 0.15) is 5.69 Å². The summed E-state index contributed by atoms with van der Waals surface area (Å²) in [6, 6.07) is 6.71. The summed E-state index contributed by atoms with van der Waals surface area (Å²) in [5.74, 6) is 0. The van der Waals surface area contributed by atoms with E-state index in [9.17, 15) is 10.1 Å². The van der Waals surface area contributed by atoms with Crippen LogP contribution in [0.5, 0.6) is 0 Å². The fourth-order valence-corrected chi connectivity index (χ4v) is 1.96. The van der Waals surface area contributed by atoms with E-state index in [1.54, 1.807) is 18.3 Å². The fraction of sp³-hybridized carbons (Fsp3) is 0.182. The second kappa shape index (κ2) is 5.28. The molecule has 0 radical (unpaired) electrons. The SMILES string of the molecule is CNCc1ccn(-c2ccc(Br)cc2[N+](=O)[O-])n1. The number of halogens is 1. The standard InChI is InChI=1S/C11H11BrN4O2/c1-13-7-9-4-5-15(14-9)10-3-2-8(12)6-11(10)16(17)18/h2-6,13H,7H2,1H3. The monoisotopic (exact) mass is 310 g/mol. The molecule has 2 rings (SSSR count). The molecular formula is C11H11BrN4O2. The van der Waals surface area contributed by atoms with E-state index in [0.29, 0.717) is 16.7 Å². The zero-order valence-electron chi connectivity index (χ0n) is 9.63. The molecule has 0 unspecified atom stereocenters. The van der Waals surface area contributed by atoms with Gasteiger partial charge < -0.3 is 5.32 Å². The van der Waals surface area contributed by atoms with Crippen LogP contribution in [0.25, 0.3) is 5.69 Å². The van der Waals surface area contributed by atoms with Crippen LogP contribution < -0.4 is 5.32 Å². The van der Waals surface area contributed by atoms with Crippen LogP contribution in [0.15, 0.2) is 34.9 Å². The van der Waals surface area contributed by atoms with Crippen LogP contribution >= 0.6 is 15.9 Å². The Morgan fingerprint density at radius 3 is 2.94 bits per heavy atom.